The van der Waals surface area contributed by atoms with E-state index in [4.69, 9.17) is 16.3 Å². The minimum absolute atomic E-state index is 0.00466. The summed E-state index contributed by atoms with van der Waals surface area (Å²) in [6.07, 6.45) is 1.13. The van der Waals surface area contributed by atoms with E-state index in [1.165, 1.54) is 0 Å². The van der Waals surface area contributed by atoms with Crippen LogP contribution in [0.5, 0.6) is 0 Å². The Morgan fingerprint density at radius 1 is 1.31 bits per heavy atom. The summed E-state index contributed by atoms with van der Waals surface area (Å²) in [6, 6.07) is 11.2. The zero-order chi connectivity index (χ0) is 21.4. The predicted molar refractivity (Wildman–Crippen MR) is 111 cm³/mol. The first-order chi connectivity index (χ1) is 13.7. The third-order valence-electron chi connectivity index (χ3n) is 4.32. The molecule has 7 nitrogen and oxygen atoms in total. The number of likely N-dealkylation sites (tertiary alicyclic amines) is 1. The molecule has 8 heteroatoms. The first-order valence-corrected chi connectivity index (χ1v) is 9.87. The van der Waals surface area contributed by atoms with Gasteiger partial charge in [-0.05, 0) is 45.2 Å². The fourth-order valence-electron chi connectivity index (χ4n) is 3.08. The maximum Gasteiger partial charge on any atom is 0.407 e. The molecule has 1 aliphatic rings. The largest absolute Gasteiger partial charge is 0.444 e. The number of alkyl carbamates (subject to hydrolysis) is 1. The van der Waals surface area contributed by atoms with Gasteiger partial charge in [0.1, 0.15) is 23.6 Å². The van der Waals surface area contributed by atoms with Crippen molar-refractivity contribution in [3.8, 4) is 12.1 Å². The van der Waals surface area contributed by atoms with Crippen LogP contribution in [-0.2, 0) is 11.3 Å². The molecule has 0 bridgehead atoms. The van der Waals surface area contributed by atoms with E-state index in [2.05, 4.69) is 10.6 Å². The first-order valence-electron chi connectivity index (χ1n) is 9.49. The van der Waals surface area contributed by atoms with E-state index in [1.54, 1.807) is 6.07 Å². The number of benzene rings is 1. The molecule has 0 radical (unpaired) electrons. The fraction of sp³-hybridized carbons (Fsp3) is 0.476. The number of nitriles is 2. The number of carbonyl (C=O) groups excluding carboxylic acids is 1. The van der Waals surface area contributed by atoms with Crippen molar-refractivity contribution in [2.45, 2.75) is 51.8 Å². The van der Waals surface area contributed by atoms with Gasteiger partial charge in [0.25, 0.3) is 0 Å². The zero-order valence-electron chi connectivity index (χ0n) is 17.0. The Kier molecular flexibility index (Phi) is 7.75. The molecule has 1 heterocycles. The summed E-state index contributed by atoms with van der Waals surface area (Å²) in [4.78, 5) is 14.0. The minimum Gasteiger partial charge on any atom is -0.444 e. The van der Waals surface area contributed by atoms with E-state index < -0.39 is 11.7 Å². The van der Waals surface area contributed by atoms with Crippen LogP contribution in [0.15, 0.2) is 35.7 Å². The Balaban J connectivity index is 2.12. The molecular weight excluding hydrogens is 390 g/mol. The van der Waals surface area contributed by atoms with Gasteiger partial charge in [-0.1, -0.05) is 29.8 Å². The average molecular weight is 416 g/mol. The highest BCUT2D eigenvalue weighted by molar-refractivity contribution is 6.31. The summed E-state index contributed by atoms with van der Waals surface area (Å²) in [6.45, 7) is 6.95. The fourth-order valence-corrected chi connectivity index (χ4v) is 3.28. The topological polar surface area (TPSA) is 101 Å². The van der Waals surface area contributed by atoms with Crippen molar-refractivity contribution in [1.29, 1.82) is 10.5 Å². The second-order valence-corrected chi connectivity index (χ2v) is 8.23. The Morgan fingerprint density at radius 2 is 2.00 bits per heavy atom. The number of allylic oxidation sites excluding steroid dienone is 1. The number of hydrogen-bond acceptors (Lipinski definition) is 6. The molecule has 1 aromatic carbocycles. The second kappa shape index (κ2) is 10.0. The molecule has 2 rings (SSSR count). The van der Waals surface area contributed by atoms with Gasteiger partial charge in [0.15, 0.2) is 5.57 Å². The monoisotopic (exact) mass is 415 g/mol. The van der Waals surface area contributed by atoms with Crippen LogP contribution >= 0.6 is 11.6 Å². The number of halogens is 1. The van der Waals surface area contributed by atoms with Gasteiger partial charge in [-0.15, -0.1) is 0 Å². The number of nitrogens with zero attached hydrogens (tertiary/aromatic N) is 3. The maximum atomic E-state index is 12.1. The number of piperidine rings is 1. The van der Waals surface area contributed by atoms with Gasteiger partial charge in [-0.2, -0.15) is 10.5 Å². The van der Waals surface area contributed by atoms with Crippen LogP contribution in [0, 0.1) is 22.7 Å². The van der Waals surface area contributed by atoms with Gasteiger partial charge < -0.3 is 20.3 Å². The van der Waals surface area contributed by atoms with E-state index in [0.29, 0.717) is 30.5 Å². The molecule has 0 aliphatic carbocycles. The first kappa shape index (κ1) is 22.4. The molecule has 1 saturated heterocycles. The van der Waals surface area contributed by atoms with Crippen LogP contribution in [0.25, 0.3) is 0 Å². The summed E-state index contributed by atoms with van der Waals surface area (Å²) in [5.41, 5.74) is 0.284. The van der Waals surface area contributed by atoms with Crippen LogP contribution < -0.4 is 10.6 Å². The van der Waals surface area contributed by atoms with E-state index in [0.717, 1.165) is 18.4 Å². The van der Waals surface area contributed by atoms with Gasteiger partial charge >= 0.3 is 6.09 Å². The standard InChI is InChI=1S/C21H26ClN5O2/c1-21(2,3)29-20(28)26-17-8-6-10-27(14-17)19(16(11-23)12-24)25-13-15-7-4-5-9-18(15)22/h4-5,7,9,17,25H,6,8,10,13-14H2,1-3H3,(H,26,28)/t17-/m1/s1. The van der Waals surface area contributed by atoms with Crippen molar-refractivity contribution >= 4 is 17.7 Å². The third kappa shape index (κ3) is 6.89. The van der Waals surface area contributed by atoms with Crippen LogP contribution in [-0.4, -0.2) is 35.7 Å². The van der Waals surface area contributed by atoms with Crippen molar-refractivity contribution in [2.75, 3.05) is 13.1 Å². The van der Waals surface area contributed by atoms with Crippen LogP contribution in [0.4, 0.5) is 4.79 Å². The lowest BCUT2D eigenvalue weighted by atomic mass is 10.1. The van der Waals surface area contributed by atoms with Crippen LogP contribution in [0.1, 0.15) is 39.2 Å². The molecule has 1 aromatic rings. The smallest absolute Gasteiger partial charge is 0.407 e. The summed E-state index contributed by atoms with van der Waals surface area (Å²) in [7, 11) is 0. The van der Waals surface area contributed by atoms with Crippen molar-refractivity contribution in [3.63, 3.8) is 0 Å². The number of ether oxygens (including phenoxy) is 1. The summed E-state index contributed by atoms with van der Waals surface area (Å²) in [5, 5.41) is 25.5. The van der Waals surface area contributed by atoms with E-state index in [-0.39, 0.29) is 11.6 Å². The zero-order valence-corrected chi connectivity index (χ0v) is 17.7. The highest BCUT2D eigenvalue weighted by Gasteiger charge is 2.26. The third-order valence-corrected chi connectivity index (χ3v) is 4.69. The van der Waals surface area contributed by atoms with Gasteiger partial charge in [-0.3, -0.25) is 0 Å². The van der Waals surface area contributed by atoms with Crippen LogP contribution in [0.3, 0.4) is 0 Å². The Bertz CT molecular complexity index is 832. The Labute approximate surface area is 176 Å². The minimum atomic E-state index is -0.575. The Morgan fingerprint density at radius 3 is 2.62 bits per heavy atom. The number of amides is 1. The lowest BCUT2D eigenvalue weighted by molar-refractivity contribution is 0.0478. The molecule has 0 aromatic heterocycles. The van der Waals surface area contributed by atoms with Crippen molar-refractivity contribution in [3.05, 3.63) is 46.2 Å². The van der Waals surface area contributed by atoms with E-state index in [1.807, 2.05) is 56.0 Å². The summed E-state index contributed by atoms with van der Waals surface area (Å²) < 4.78 is 5.33. The lowest BCUT2D eigenvalue weighted by Crippen LogP contribution is -2.50. The lowest BCUT2D eigenvalue weighted by Gasteiger charge is -2.36. The van der Waals surface area contributed by atoms with Gasteiger partial charge in [-0.25, -0.2) is 4.79 Å². The molecule has 29 heavy (non-hydrogen) atoms. The number of hydrogen-bond donors (Lipinski definition) is 2. The maximum absolute atomic E-state index is 12.1. The molecule has 1 fully saturated rings. The van der Waals surface area contributed by atoms with Gasteiger partial charge in [0.2, 0.25) is 0 Å². The normalized spacial score (nSPS) is 16.2. The molecule has 1 aliphatic heterocycles. The predicted octanol–water partition coefficient (Wildman–Crippen LogP) is 3.68. The van der Waals surface area contributed by atoms with E-state index >= 15 is 0 Å². The van der Waals surface area contributed by atoms with E-state index in [9.17, 15) is 15.3 Å². The molecule has 0 spiro atoms. The average Bonchev–Trinajstić information content (AvgIpc) is 2.65. The molecule has 1 atom stereocenters. The molecule has 1 amide bonds. The highest BCUT2D eigenvalue weighted by Crippen LogP contribution is 2.20. The van der Waals surface area contributed by atoms with Gasteiger partial charge in [0, 0.05) is 30.7 Å². The summed E-state index contributed by atoms with van der Waals surface area (Å²) in [5.74, 6) is 0.450. The Hall–Kier alpha value is -2.90. The quantitative estimate of drug-likeness (QED) is 0.711. The molecule has 0 saturated carbocycles. The molecule has 0 unspecified atom stereocenters. The highest BCUT2D eigenvalue weighted by atomic mass is 35.5. The van der Waals surface area contributed by atoms with Crippen molar-refractivity contribution in [2.24, 2.45) is 0 Å². The van der Waals surface area contributed by atoms with Gasteiger partial charge in [0.05, 0.1) is 0 Å². The number of rotatable bonds is 5. The second-order valence-electron chi connectivity index (χ2n) is 7.82. The van der Waals surface area contributed by atoms with Crippen molar-refractivity contribution < 1.29 is 9.53 Å². The van der Waals surface area contributed by atoms with Crippen LogP contribution in [0.2, 0.25) is 5.02 Å². The summed E-state index contributed by atoms with van der Waals surface area (Å²) >= 11 is 6.21. The molecular formula is C21H26ClN5O2. The molecule has 2 N–H and O–H groups in total. The van der Waals surface area contributed by atoms with Crippen molar-refractivity contribution in [1.82, 2.24) is 15.5 Å². The SMILES string of the molecule is CC(C)(C)OC(=O)N[C@@H]1CCCN(C(NCc2ccccc2Cl)=C(C#N)C#N)C1. The number of nitrogens with one attached hydrogen (secondary N) is 2. The number of carbonyl (C=O) groups is 1. The molecule has 154 valence electrons.